The molecule has 1 rings (SSSR count). The van der Waals surface area contributed by atoms with Crippen LogP contribution >= 0.6 is 0 Å². The summed E-state index contributed by atoms with van der Waals surface area (Å²) in [7, 11) is 1.33. The van der Waals surface area contributed by atoms with Crippen molar-refractivity contribution in [2.75, 3.05) is 20.3 Å². The zero-order valence-electron chi connectivity index (χ0n) is 11.4. The molecule has 0 saturated carbocycles. The zero-order valence-corrected chi connectivity index (χ0v) is 11.4. The molecule has 0 aliphatic carbocycles. The fraction of sp³-hybridized carbons (Fsp3) is 0.692. The van der Waals surface area contributed by atoms with Crippen LogP contribution in [0.1, 0.15) is 32.6 Å². The predicted molar refractivity (Wildman–Crippen MR) is 67.9 cm³/mol. The SMILES string of the molecule is COC(=O)CC1CCCN(C(=O)C=C(C)CCO)O1. The minimum absolute atomic E-state index is 0.0153. The molecule has 0 bridgehead atoms. The van der Waals surface area contributed by atoms with E-state index in [1.165, 1.54) is 18.2 Å². The van der Waals surface area contributed by atoms with Crippen LogP contribution in [-0.4, -0.2) is 48.4 Å². The third kappa shape index (κ3) is 5.40. The van der Waals surface area contributed by atoms with Crippen molar-refractivity contribution in [3.63, 3.8) is 0 Å². The number of hydrogen-bond acceptors (Lipinski definition) is 5. The molecular weight excluding hydrogens is 250 g/mol. The Bertz CT molecular complexity index is 353. The van der Waals surface area contributed by atoms with E-state index in [-0.39, 0.29) is 31.0 Å². The Morgan fingerprint density at radius 1 is 1.53 bits per heavy atom. The van der Waals surface area contributed by atoms with E-state index < -0.39 is 0 Å². The fourth-order valence-corrected chi connectivity index (χ4v) is 1.85. The Labute approximate surface area is 112 Å². The number of aliphatic hydroxyl groups is 1. The number of carbonyl (C=O) groups is 2. The molecule has 1 heterocycles. The third-order valence-corrected chi connectivity index (χ3v) is 2.91. The van der Waals surface area contributed by atoms with Crippen LogP contribution in [0.2, 0.25) is 0 Å². The van der Waals surface area contributed by atoms with Crippen molar-refractivity contribution < 1.29 is 24.3 Å². The molecular formula is C13H21NO5. The highest BCUT2D eigenvalue weighted by Crippen LogP contribution is 2.18. The molecule has 6 nitrogen and oxygen atoms in total. The molecule has 0 aromatic carbocycles. The Balaban J connectivity index is 2.52. The normalized spacial score (nSPS) is 20.3. The Morgan fingerprint density at radius 2 is 2.26 bits per heavy atom. The van der Waals surface area contributed by atoms with Crippen LogP contribution in [0.15, 0.2) is 11.6 Å². The van der Waals surface area contributed by atoms with Gasteiger partial charge in [0.25, 0.3) is 5.91 Å². The summed E-state index contributed by atoms with van der Waals surface area (Å²) >= 11 is 0. The molecule has 1 N–H and O–H groups in total. The van der Waals surface area contributed by atoms with Gasteiger partial charge in [0.15, 0.2) is 0 Å². The van der Waals surface area contributed by atoms with Crippen molar-refractivity contribution in [3.8, 4) is 0 Å². The van der Waals surface area contributed by atoms with Gasteiger partial charge in [-0.05, 0) is 26.2 Å². The Hall–Kier alpha value is -1.40. The summed E-state index contributed by atoms with van der Waals surface area (Å²) in [5.74, 6) is -0.591. The molecule has 0 radical (unpaired) electrons. The molecule has 1 amide bonds. The molecule has 19 heavy (non-hydrogen) atoms. The molecule has 0 spiro atoms. The topological polar surface area (TPSA) is 76.1 Å². The van der Waals surface area contributed by atoms with Crippen molar-refractivity contribution in [2.45, 2.75) is 38.7 Å². The van der Waals surface area contributed by atoms with Crippen molar-refractivity contribution in [1.82, 2.24) is 5.06 Å². The molecule has 1 unspecified atom stereocenters. The predicted octanol–water partition coefficient (Wildman–Crippen LogP) is 0.801. The second kappa shape index (κ2) is 7.91. The molecule has 1 atom stereocenters. The van der Waals surface area contributed by atoms with Crippen LogP contribution in [-0.2, 0) is 19.2 Å². The van der Waals surface area contributed by atoms with E-state index in [1.807, 2.05) is 0 Å². The van der Waals surface area contributed by atoms with Gasteiger partial charge in [-0.1, -0.05) is 5.57 Å². The third-order valence-electron chi connectivity index (χ3n) is 2.91. The first-order valence-corrected chi connectivity index (χ1v) is 6.40. The van der Waals surface area contributed by atoms with Gasteiger partial charge in [0.05, 0.1) is 19.6 Å². The van der Waals surface area contributed by atoms with Crippen LogP contribution in [0, 0.1) is 0 Å². The molecule has 1 saturated heterocycles. The molecule has 108 valence electrons. The molecule has 1 aliphatic heterocycles. The molecule has 0 aromatic rings. The van der Waals surface area contributed by atoms with Gasteiger partial charge < -0.3 is 9.84 Å². The van der Waals surface area contributed by atoms with Crippen molar-refractivity contribution in [1.29, 1.82) is 0 Å². The summed E-state index contributed by atoms with van der Waals surface area (Å²) in [5.41, 5.74) is 0.797. The van der Waals surface area contributed by atoms with Crippen LogP contribution in [0.3, 0.4) is 0 Å². The first-order valence-electron chi connectivity index (χ1n) is 6.40. The maximum atomic E-state index is 11.9. The van der Waals surface area contributed by atoms with E-state index in [0.717, 1.165) is 18.4 Å². The minimum Gasteiger partial charge on any atom is -0.469 e. The first kappa shape index (κ1) is 15.7. The summed E-state index contributed by atoms with van der Waals surface area (Å²) < 4.78 is 4.58. The van der Waals surface area contributed by atoms with Gasteiger partial charge in [-0.2, -0.15) is 0 Å². The number of methoxy groups -OCH3 is 1. The zero-order chi connectivity index (χ0) is 14.3. The van der Waals surface area contributed by atoms with Crippen LogP contribution in [0.4, 0.5) is 0 Å². The summed E-state index contributed by atoms with van der Waals surface area (Å²) in [6, 6.07) is 0. The lowest BCUT2D eigenvalue weighted by Gasteiger charge is -2.31. The van der Waals surface area contributed by atoms with Crippen LogP contribution < -0.4 is 0 Å². The van der Waals surface area contributed by atoms with Crippen molar-refractivity contribution in [2.24, 2.45) is 0 Å². The summed E-state index contributed by atoms with van der Waals surface area (Å²) in [5, 5.41) is 10.1. The highest BCUT2D eigenvalue weighted by Gasteiger charge is 2.25. The van der Waals surface area contributed by atoms with Gasteiger partial charge in [0, 0.05) is 19.2 Å². The summed E-state index contributed by atoms with van der Waals surface area (Å²) in [4.78, 5) is 28.6. The van der Waals surface area contributed by atoms with E-state index in [9.17, 15) is 9.59 Å². The monoisotopic (exact) mass is 271 g/mol. The van der Waals surface area contributed by atoms with E-state index >= 15 is 0 Å². The average Bonchev–Trinajstić information content (AvgIpc) is 2.39. The second-order valence-electron chi connectivity index (χ2n) is 4.55. The highest BCUT2D eigenvalue weighted by atomic mass is 16.7. The lowest BCUT2D eigenvalue weighted by atomic mass is 10.1. The van der Waals surface area contributed by atoms with E-state index in [1.54, 1.807) is 6.92 Å². The van der Waals surface area contributed by atoms with E-state index in [2.05, 4.69) is 4.74 Å². The quantitative estimate of drug-likeness (QED) is 0.591. The van der Waals surface area contributed by atoms with Gasteiger partial charge in [-0.25, -0.2) is 5.06 Å². The molecule has 1 aliphatic rings. The number of ether oxygens (including phenoxy) is 1. The highest BCUT2D eigenvalue weighted by molar-refractivity contribution is 5.87. The number of nitrogens with zero attached hydrogens (tertiary/aromatic N) is 1. The maximum Gasteiger partial charge on any atom is 0.308 e. The van der Waals surface area contributed by atoms with Gasteiger partial charge in [-0.15, -0.1) is 0 Å². The molecule has 1 fully saturated rings. The number of rotatable bonds is 5. The van der Waals surface area contributed by atoms with Crippen LogP contribution in [0.5, 0.6) is 0 Å². The average molecular weight is 271 g/mol. The van der Waals surface area contributed by atoms with Crippen molar-refractivity contribution in [3.05, 3.63) is 11.6 Å². The number of hydroxylamine groups is 2. The van der Waals surface area contributed by atoms with Gasteiger partial charge in [0.1, 0.15) is 0 Å². The van der Waals surface area contributed by atoms with Gasteiger partial charge in [-0.3, -0.25) is 14.4 Å². The smallest absolute Gasteiger partial charge is 0.308 e. The number of carbonyl (C=O) groups excluding carboxylic acids is 2. The molecule has 6 heteroatoms. The standard InChI is InChI=1S/C13H21NO5/c1-10(5-7-15)8-12(16)14-6-3-4-11(19-14)9-13(17)18-2/h8,11,15H,3-7,9H2,1-2H3. The van der Waals surface area contributed by atoms with Crippen LogP contribution in [0.25, 0.3) is 0 Å². The number of hydrogen-bond donors (Lipinski definition) is 1. The fourth-order valence-electron chi connectivity index (χ4n) is 1.85. The molecule has 0 aromatic heterocycles. The number of aliphatic hydroxyl groups excluding tert-OH is 1. The maximum absolute atomic E-state index is 11.9. The lowest BCUT2D eigenvalue weighted by molar-refractivity contribution is -0.220. The Morgan fingerprint density at radius 3 is 2.89 bits per heavy atom. The van der Waals surface area contributed by atoms with Gasteiger partial charge >= 0.3 is 5.97 Å². The number of esters is 1. The second-order valence-corrected chi connectivity index (χ2v) is 4.55. The Kier molecular flexibility index (Phi) is 6.52. The summed E-state index contributed by atoms with van der Waals surface area (Å²) in [6.07, 6.45) is 3.29. The first-order chi connectivity index (χ1) is 9.06. The minimum atomic E-state index is -0.341. The van der Waals surface area contributed by atoms with E-state index in [0.29, 0.717) is 13.0 Å². The van der Waals surface area contributed by atoms with E-state index in [4.69, 9.17) is 9.94 Å². The van der Waals surface area contributed by atoms with Gasteiger partial charge in [0.2, 0.25) is 0 Å². The largest absolute Gasteiger partial charge is 0.469 e. The van der Waals surface area contributed by atoms with Crippen molar-refractivity contribution >= 4 is 11.9 Å². The lowest BCUT2D eigenvalue weighted by Crippen LogP contribution is -2.40. The summed E-state index contributed by atoms with van der Waals surface area (Å²) in [6.45, 7) is 2.31. The number of amides is 1.